The van der Waals surface area contributed by atoms with Crippen LogP contribution in [0.2, 0.25) is 0 Å². The van der Waals surface area contributed by atoms with E-state index >= 15 is 0 Å². The summed E-state index contributed by atoms with van der Waals surface area (Å²) in [6.07, 6.45) is 19.0. The SMILES string of the molecule is CCCCCCCCCC(C)(C)CC1CC1CCCC. The van der Waals surface area contributed by atoms with Gasteiger partial charge in [0.05, 0.1) is 0 Å². The van der Waals surface area contributed by atoms with Gasteiger partial charge in [-0.25, -0.2) is 0 Å². The molecule has 0 N–H and O–H groups in total. The largest absolute Gasteiger partial charge is 0.0654 e. The molecule has 0 spiro atoms. The lowest BCUT2D eigenvalue weighted by Gasteiger charge is -2.25. The number of hydrogen-bond acceptors (Lipinski definition) is 0. The third-order valence-corrected chi connectivity index (χ3v) is 5.27. The molecule has 0 aliphatic heterocycles. The summed E-state index contributed by atoms with van der Waals surface area (Å²) in [5.41, 5.74) is 0.606. The molecule has 1 aliphatic rings. The van der Waals surface area contributed by atoms with Crippen molar-refractivity contribution in [2.45, 2.75) is 111 Å². The second-order valence-corrected chi connectivity index (χ2v) is 8.14. The van der Waals surface area contributed by atoms with Gasteiger partial charge in [0.2, 0.25) is 0 Å². The third-order valence-electron chi connectivity index (χ3n) is 5.27. The molecular weight excluding hydrogens is 240 g/mol. The van der Waals surface area contributed by atoms with Gasteiger partial charge < -0.3 is 0 Å². The van der Waals surface area contributed by atoms with Crippen LogP contribution in [0, 0.1) is 17.3 Å². The second kappa shape index (κ2) is 9.85. The van der Waals surface area contributed by atoms with Crippen molar-refractivity contribution in [1.82, 2.24) is 0 Å². The summed E-state index contributed by atoms with van der Waals surface area (Å²) < 4.78 is 0. The van der Waals surface area contributed by atoms with Gasteiger partial charge in [0.1, 0.15) is 0 Å². The van der Waals surface area contributed by atoms with Gasteiger partial charge in [-0.15, -0.1) is 0 Å². The molecule has 0 heteroatoms. The zero-order chi connectivity index (χ0) is 14.8. The van der Waals surface area contributed by atoms with Gasteiger partial charge in [0.15, 0.2) is 0 Å². The summed E-state index contributed by atoms with van der Waals surface area (Å²) in [5, 5.41) is 0. The van der Waals surface area contributed by atoms with Crippen LogP contribution >= 0.6 is 0 Å². The molecule has 2 atom stereocenters. The van der Waals surface area contributed by atoms with Gasteiger partial charge in [0, 0.05) is 0 Å². The van der Waals surface area contributed by atoms with E-state index in [1.807, 2.05) is 0 Å². The smallest absolute Gasteiger partial charge is 0.0351 e. The van der Waals surface area contributed by atoms with Gasteiger partial charge >= 0.3 is 0 Å². The predicted molar refractivity (Wildman–Crippen MR) is 92.1 cm³/mol. The Morgan fingerprint density at radius 1 is 0.750 bits per heavy atom. The zero-order valence-corrected chi connectivity index (χ0v) is 14.8. The van der Waals surface area contributed by atoms with E-state index < -0.39 is 0 Å². The minimum Gasteiger partial charge on any atom is -0.0654 e. The van der Waals surface area contributed by atoms with Gasteiger partial charge in [-0.05, 0) is 36.5 Å². The number of unbranched alkanes of at least 4 members (excludes halogenated alkanes) is 7. The molecule has 120 valence electrons. The van der Waals surface area contributed by atoms with Crippen LogP contribution in [0.15, 0.2) is 0 Å². The van der Waals surface area contributed by atoms with Crippen molar-refractivity contribution in [1.29, 1.82) is 0 Å². The molecule has 0 saturated heterocycles. The normalized spacial score (nSPS) is 22.2. The first kappa shape index (κ1) is 18.1. The number of rotatable bonds is 13. The van der Waals surface area contributed by atoms with Crippen LogP contribution in [0.25, 0.3) is 0 Å². The Morgan fingerprint density at radius 3 is 2.00 bits per heavy atom. The van der Waals surface area contributed by atoms with Crippen LogP contribution < -0.4 is 0 Å². The Bertz CT molecular complexity index is 228. The molecule has 1 fully saturated rings. The molecule has 2 unspecified atom stereocenters. The average molecular weight is 281 g/mol. The minimum absolute atomic E-state index is 0.606. The highest BCUT2D eigenvalue weighted by atomic mass is 14.4. The van der Waals surface area contributed by atoms with Crippen molar-refractivity contribution in [2.75, 3.05) is 0 Å². The quantitative estimate of drug-likeness (QED) is 0.309. The van der Waals surface area contributed by atoms with Crippen LogP contribution in [0.4, 0.5) is 0 Å². The van der Waals surface area contributed by atoms with Crippen molar-refractivity contribution in [3.8, 4) is 0 Å². The Labute approximate surface area is 129 Å². The maximum absolute atomic E-state index is 2.51. The van der Waals surface area contributed by atoms with E-state index in [2.05, 4.69) is 27.7 Å². The van der Waals surface area contributed by atoms with Crippen LogP contribution in [0.3, 0.4) is 0 Å². The van der Waals surface area contributed by atoms with E-state index in [4.69, 9.17) is 0 Å². The third kappa shape index (κ3) is 8.32. The molecule has 0 heterocycles. The Morgan fingerprint density at radius 2 is 1.35 bits per heavy atom. The molecule has 1 rings (SSSR count). The molecule has 1 aliphatic carbocycles. The van der Waals surface area contributed by atoms with E-state index in [0.717, 1.165) is 11.8 Å². The predicted octanol–water partition coefficient (Wildman–Crippen LogP) is 7.37. The fraction of sp³-hybridized carbons (Fsp3) is 1.00. The van der Waals surface area contributed by atoms with Crippen LogP contribution in [0.5, 0.6) is 0 Å². The van der Waals surface area contributed by atoms with Gasteiger partial charge in [-0.1, -0.05) is 91.9 Å². The van der Waals surface area contributed by atoms with E-state index in [0.29, 0.717) is 5.41 Å². The first-order chi connectivity index (χ1) is 9.59. The molecule has 0 aromatic rings. The Kier molecular flexibility index (Phi) is 8.89. The zero-order valence-electron chi connectivity index (χ0n) is 14.8. The first-order valence-electron chi connectivity index (χ1n) is 9.59. The molecule has 0 nitrogen and oxygen atoms in total. The van der Waals surface area contributed by atoms with Crippen LogP contribution in [-0.4, -0.2) is 0 Å². The average Bonchev–Trinajstić information content (AvgIpc) is 3.12. The first-order valence-corrected chi connectivity index (χ1v) is 9.59. The maximum Gasteiger partial charge on any atom is -0.0351 e. The lowest BCUT2D eigenvalue weighted by molar-refractivity contribution is 0.270. The molecule has 0 aromatic heterocycles. The van der Waals surface area contributed by atoms with Crippen molar-refractivity contribution in [3.05, 3.63) is 0 Å². The lowest BCUT2D eigenvalue weighted by atomic mass is 9.81. The van der Waals surface area contributed by atoms with E-state index in [1.165, 1.54) is 77.0 Å². The Balaban J connectivity index is 1.98. The molecule has 0 aromatic carbocycles. The summed E-state index contributed by atoms with van der Waals surface area (Å²) in [4.78, 5) is 0. The van der Waals surface area contributed by atoms with Crippen molar-refractivity contribution in [2.24, 2.45) is 17.3 Å². The summed E-state index contributed by atoms with van der Waals surface area (Å²) in [5.74, 6) is 2.18. The van der Waals surface area contributed by atoms with Crippen LogP contribution in [-0.2, 0) is 0 Å². The van der Waals surface area contributed by atoms with E-state index in [1.54, 1.807) is 6.42 Å². The maximum atomic E-state index is 2.51. The number of hydrogen-bond donors (Lipinski definition) is 0. The second-order valence-electron chi connectivity index (χ2n) is 8.14. The van der Waals surface area contributed by atoms with E-state index in [9.17, 15) is 0 Å². The molecule has 20 heavy (non-hydrogen) atoms. The fourth-order valence-electron chi connectivity index (χ4n) is 3.75. The fourth-order valence-corrected chi connectivity index (χ4v) is 3.75. The summed E-state index contributed by atoms with van der Waals surface area (Å²) in [6.45, 7) is 9.65. The molecular formula is C20H40. The lowest BCUT2D eigenvalue weighted by Crippen LogP contribution is -2.12. The van der Waals surface area contributed by atoms with Gasteiger partial charge in [-0.3, -0.25) is 0 Å². The Hall–Kier alpha value is 0. The summed E-state index contributed by atoms with van der Waals surface area (Å²) in [7, 11) is 0. The summed E-state index contributed by atoms with van der Waals surface area (Å²) >= 11 is 0. The topological polar surface area (TPSA) is 0 Å². The van der Waals surface area contributed by atoms with E-state index in [-0.39, 0.29) is 0 Å². The van der Waals surface area contributed by atoms with Crippen molar-refractivity contribution >= 4 is 0 Å². The minimum atomic E-state index is 0.606. The highest BCUT2D eigenvalue weighted by Gasteiger charge is 2.39. The molecule has 1 saturated carbocycles. The van der Waals surface area contributed by atoms with Crippen LogP contribution in [0.1, 0.15) is 111 Å². The van der Waals surface area contributed by atoms with Gasteiger partial charge in [0.25, 0.3) is 0 Å². The molecule has 0 bridgehead atoms. The van der Waals surface area contributed by atoms with Crippen molar-refractivity contribution < 1.29 is 0 Å². The van der Waals surface area contributed by atoms with Gasteiger partial charge in [-0.2, -0.15) is 0 Å². The highest BCUT2D eigenvalue weighted by Crippen LogP contribution is 2.49. The highest BCUT2D eigenvalue weighted by molar-refractivity contribution is 4.89. The molecule has 0 amide bonds. The monoisotopic (exact) mass is 280 g/mol. The summed E-state index contributed by atoms with van der Waals surface area (Å²) in [6, 6.07) is 0. The molecule has 0 radical (unpaired) electrons. The van der Waals surface area contributed by atoms with Crippen molar-refractivity contribution in [3.63, 3.8) is 0 Å². The standard InChI is InChI=1S/C20H40/c1-5-7-9-10-11-12-13-15-20(3,4)17-19-16-18(19)14-8-6-2/h18-19H,5-17H2,1-4H3.